The average Bonchev–Trinajstić information content (AvgIpc) is 0.820. The molecular weight excluding hydrogens is 1370 g/mol. The summed E-state index contributed by atoms with van der Waals surface area (Å²) in [6.07, 6.45) is 2.36. The molecule has 24 nitrogen and oxygen atoms in total. The van der Waals surface area contributed by atoms with Crippen LogP contribution in [-0.2, 0) is 76.6 Å². The summed E-state index contributed by atoms with van der Waals surface area (Å²) >= 11 is 2.07. The lowest BCUT2D eigenvalue weighted by Gasteiger charge is -2.43. The van der Waals surface area contributed by atoms with Crippen LogP contribution in [0.5, 0.6) is 0 Å². The van der Waals surface area contributed by atoms with E-state index in [1.165, 1.54) is 65.9 Å². The zero-order valence-electron chi connectivity index (χ0n) is 58.3. The number of nitrogens with zero attached hydrogens (tertiary/aromatic N) is 8. The molecule has 4 N–H and O–H groups in total. The molecule has 3 saturated heterocycles. The molecule has 12 amide bonds. The fourth-order valence-electron chi connectivity index (χ4n) is 12.0. The van der Waals surface area contributed by atoms with Gasteiger partial charge in [0, 0.05) is 84.8 Å². The molecule has 2 aromatic rings. The van der Waals surface area contributed by atoms with E-state index in [0.717, 1.165) is 58.8 Å². The van der Waals surface area contributed by atoms with Crippen LogP contribution < -0.4 is 21.3 Å². The second kappa shape index (κ2) is 35.1. The molecule has 2 aromatic carbocycles. The van der Waals surface area contributed by atoms with E-state index in [2.05, 4.69) is 49.8 Å². The van der Waals surface area contributed by atoms with Crippen molar-refractivity contribution in [3.63, 3.8) is 0 Å². The van der Waals surface area contributed by atoms with Crippen LogP contribution in [0.15, 0.2) is 48.5 Å². The van der Waals surface area contributed by atoms with Crippen LogP contribution in [-0.4, -0.2) is 239 Å². The van der Waals surface area contributed by atoms with Crippen LogP contribution in [0, 0.1) is 33.7 Å². The number of benzene rings is 2. The van der Waals surface area contributed by atoms with Crippen molar-refractivity contribution in [3.8, 4) is 12.3 Å². The molecule has 1 unspecified atom stereocenters. The first-order chi connectivity index (χ1) is 45.3. The lowest BCUT2D eigenvalue weighted by atomic mass is 9.95. The van der Waals surface area contributed by atoms with Gasteiger partial charge < -0.3 is 60.5 Å². The fourth-order valence-corrected chi connectivity index (χ4v) is 12.6. The third-order valence-electron chi connectivity index (χ3n) is 18.7. The molecule has 3 aliphatic rings. The summed E-state index contributed by atoms with van der Waals surface area (Å²) in [6, 6.07) is -0.0201. The number of hydrogen-bond donors (Lipinski definition) is 4. The number of rotatable bonds is 12. The van der Waals surface area contributed by atoms with Gasteiger partial charge in [0.25, 0.3) is 0 Å². The van der Waals surface area contributed by atoms with Crippen LogP contribution in [0.2, 0.25) is 0 Å². The zero-order chi connectivity index (χ0) is 72.7. The van der Waals surface area contributed by atoms with Crippen molar-refractivity contribution in [2.24, 2.45) is 17.8 Å². The number of amides is 12. The third-order valence-corrected chi connectivity index (χ3v) is 19.3. The van der Waals surface area contributed by atoms with Crippen LogP contribution in [0.4, 0.5) is 13.2 Å². The topological polar surface area (TPSA) is 279 Å². The smallest absolute Gasteiger partial charge is 0.342 e. The van der Waals surface area contributed by atoms with Gasteiger partial charge in [-0.2, -0.15) is 13.2 Å². The summed E-state index contributed by atoms with van der Waals surface area (Å²) in [7, 11) is 7.94. The van der Waals surface area contributed by atoms with E-state index in [4.69, 9.17) is 6.42 Å². The predicted octanol–water partition coefficient (Wildman–Crippen LogP) is 3.85. The van der Waals surface area contributed by atoms with Gasteiger partial charge in [-0.25, -0.2) is 0 Å². The van der Waals surface area contributed by atoms with Gasteiger partial charge >= 0.3 is 6.18 Å². The fraction of sp³-hybridized carbons (Fsp3) is 0.623. The van der Waals surface area contributed by atoms with E-state index in [-0.39, 0.29) is 56.0 Å². The predicted molar refractivity (Wildman–Crippen MR) is 365 cm³/mol. The minimum atomic E-state index is -4.70. The minimum absolute atomic E-state index is 0.0310. The van der Waals surface area contributed by atoms with Crippen molar-refractivity contribution in [2.45, 2.75) is 186 Å². The van der Waals surface area contributed by atoms with Gasteiger partial charge in [-0.15, -0.1) is 12.3 Å². The van der Waals surface area contributed by atoms with E-state index in [1.54, 1.807) is 43.0 Å². The van der Waals surface area contributed by atoms with Crippen molar-refractivity contribution in [1.29, 1.82) is 0 Å². The highest BCUT2D eigenvalue weighted by molar-refractivity contribution is 14.1. The number of likely N-dealkylation sites (N-methyl/N-ethyl adjacent to an activating group) is 6. The third kappa shape index (κ3) is 21.1. The minimum Gasteiger partial charge on any atom is -0.342 e. The first kappa shape index (κ1) is 79.8. The molecule has 0 aromatic heterocycles. The van der Waals surface area contributed by atoms with Crippen LogP contribution >= 0.6 is 22.6 Å². The van der Waals surface area contributed by atoms with Gasteiger partial charge in [0.05, 0.1) is 25.1 Å². The van der Waals surface area contributed by atoms with E-state index < -0.39 is 168 Å². The first-order valence-electron chi connectivity index (χ1n) is 33.0. The summed E-state index contributed by atoms with van der Waals surface area (Å²) in [5.74, 6) is -7.71. The Morgan fingerprint density at radius 2 is 1.27 bits per heavy atom. The normalized spacial score (nSPS) is 24.9. The number of fused-ring (bicyclic) bond motifs is 1. The van der Waals surface area contributed by atoms with Gasteiger partial charge in [0.2, 0.25) is 70.9 Å². The number of alkyl halides is 3. The lowest BCUT2D eigenvalue weighted by Crippen LogP contribution is -2.64. The number of nitrogens with one attached hydrogen (secondary N) is 4. The molecule has 0 spiro atoms. The average molecular weight is 1470 g/mol. The van der Waals surface area contributed by atoms with E-state index in [9.17, 15) is 65.9 Å². The van der Waals surface area contributed by atoms with Crippen LogP contribution in [0.1, 0.15) is 130 Å². The summed E-state index contributed by atoms with van der Waals surface area (Å²) < 4.78 is 42.1. The first-order valence-corrected chi connectivity index (χ1v) is 34.1. The van der Waals surface area contributed by atoms with Crippen molar-refractivity contribution in [1.82, 2.24) is 60.5 Å². The number of terminal acetylenes is 1. The standard InChI is InChI=1S/C69H98F3IN12O12/c1-16-22-48-62(92)83(15)68(8,9)67(97)76-50(33-41(3)4)61(91)81(13)54(65(95)84-30-19-18-20-31-84)38-56(87)80(12)52(34-42(5)6)60(90)77-58(43(7)17-2)66(96)79(11)40-57(88)85-32-29-51(85)64(94)82(14)53(37-44-25-27-46(28-26-44)69(70,71)72)63(93)78(10)39-55(86)74-49(59(89)75-48)36-45-23-21-24-47(73)35-45/h1,21,23-28,35,41-43,48-54,58H,17-20,22,29-34,36-40H2,2-15H3,(H,74,86)(H,75,89)(H,76,97)(H,77,90)/t43-,48-,49-,50-,51?,52-,53-,54-,58-/m0/s1. The molecule has 534 valence electrons. The Morgan fingerprint density at radius 1 is 0.649 bits per heavy atom. The summed E-state index contributed by atoms with van der Waals surface area (Å²) in [4.78, 5) is 186. The second-order valence-electron chi connectivity index (χ2n) is 27.3. The number of carbonyl (C=O) groups is 12. The summed E-state index contributed by atoms with van der Waals surface area (Å²) in [6.45, 7) is 13.1. The number of hydrogen-bond acceptors (Lipinski definition) is 12. The summed E-state index contributed by atoms with van der Waals surface area (Å²) in [5, 5.41) is 11.0. The van der Waals surface area contributed by atoms with Gasteiger partial charge in [-0.1, -0.05) is 72.2 Å². The van der Waals surface area contributed by atoms with Crippen LogP contribution in [0.3, 0.4) is 0 Å². The molecule has 3 aliphatic heterocycles. The SMILES string of the molecule is C#CC[C@@H]1NC(=O)[C@H](Cc2cccc(I)c2)NC(=O)CN(C)C(=O)[C@H](Cc2ccc(C(F)(F)F)cc2)N(C)C(=O)C2CCN2C(=O)CN(C)C(=O)[C@H]([C@@H](C)CC)NC(=O)[C@H](CC(C)C)N(C)C(=O)C[C@@H](C(=O)N2CCCCC2)N(C)C(=O)[C@H](CC(C)C)NC(=O)C(C)(C)N(C)C1=O. The van der Waals surface area contributed by atoms with E-state index in [0.29, 0.717) is 37.9 Å². The molecule has 3 heterocycles. The Kier molecular flexibility index (Phi) is 28.9. The molecule has 0 bridgehead atoms. The van der Waals surface area contributed by atoms with E-state index in [1.807, 2.05) is 27.7 Å². The zero-order valence-corrected chi connectivity index (χ0v) is 60.5. The molecule has 28 heteroatoms. The Hall–Kier alpha value is -7.84. The van der Waals surface area contributed by atoms with Gasteiger partial charge in [-0.05, 0) is 128 Å². The number of carbonyl (C=O) groups excluding carboxylic acids is 12. The Balaban J connectivity index is 1.62. The molecular formula is C69H98F3IN12O12. The Morgan fingerprint density at radius 3 is 1.82 bits per heavy atom. The second-order valence-corrected chi connectivity index (χ2v) is 28.5. The maximum absolute atomic E-state index is 15.1. The number of likely N-dealkylation sites (tertiary alicyclic amines) is 1. The van der Waals surface area contributed by atoms with Gasteiger partial charge in [-0.3, -0.25) is 57.5 Å². The van der Waals surface area contributed by atoms with Gasteiger partial charge in [0.15, 0.2) is 0 Å². The van der Waals surface area contributed by atoms with Crippen molar-refractivity contribution < 1.29 is 70.7 Å². The molecule has 97 heavy (non-hydrogen) atoms. The molecule has 0 aliphatic carbocycles. The van der Waals surface area contributed by atoms with Crippen molar-refractivity contribution in [3.05, 3.63) is 68.8 Å². The largest absolute Gasteiger partial charge is 0.416 e. The maximum atomic E-state index is 15.1. The van der Waals surface area contributed by atoms with Gasteiger partial charge in [0.1, 0.15) is 53.9 Å². The molecule has 0 saturated carbocycles. The quantitative estimate of drug-likeness (QED) is 0.174. The highest BCUT2D eigenvalue weighted by Gasteiger charge is 2.46. The molecule has 5 rings (SSSR count). The molecule has 3 fully saturated rings. The Labute approximate surface area is 581 Å². The van der Waals surface area contributed by atoms with Crippen molar-refractivity contribution >= 4 is 93.5 Å². The highest BCUT2D eigenvalue weighted by atomic mass is 127. The van der Waals surface area contributed by atoms with Crippen molar-refractivity contribution in [2.75, 3.05) is 75.0 Å². The maximum Gasteiger partial charge on any atom is 0.416 e. The number of piperidine rings is 1. The molecule has 0 radical (unpaired) electrons. The lowest BCUT2D eigenvalue weighted by molar-refractivity contribution is -0.157. The summed E-state index contributed by atoms with van der Waals surface area (Å²) in [5.41, 5.74) is -2.01. The Bertz CT molecular complexity index is 3250. The highest BCUT2D eigenvalue weighted by Crippen LogP contribution is 2.31. The van der Waals surface area contributed by atoms with E-state index >= 15 is 4.79 Å². The monoisotopic (exact) mass is 1470 g/mol. The molecule has 9 atom stereocenters. The van der Waals surface area contributed by atoms with Crippen LogP contribution in [0.25, 0.3) is 0 Å². The number of halogens is 4.